The summed E-state index contributed by atoms with van der Waals surface area (Å²) in [5.41, 5.74) is 1.68. The Balaban J connectivity index is 2.40. The maximum atomic E-state index is 12.5. The highest BCUT2D eigenvalue weighted by atomic mass is 16.2. The number of hydrogen-bond donors (Lipinski definition) is 1. The Morgan fingerprint density at radius 2 is 2.05 bits per heavy atom. The molecular formula is C15H19N5O. The normalized spacial score (nSPS) is 11.4. The summed E-state index contributed by atoms with van der Waals surface area (Å²) in [6.07, 6.45) is 6.88. The SMILES string of the molecule is C#CC(CC)(CC)NC(=O)c1nnc2cc(C)nn2c1C. The minimum absolute atomic E-state index is 0.243. The predicted octanol–water partition coefficient (Wildman–Crippen LogP) is 1.66. The van der Waals surface area contributed by atoms with Crippen LogP contribution in [0, 0.1) is 26.2 Å². The lowest BCUT2D eigenvalue weighted by atomic mass is 9.93. The first kappa shape index (κ1) is 15.0. The second-order valence-electron chi connectivity index (χ2n) is 5.08. The van der Waals surface area contributed by atoms with Gasteiger partial charge in [0.2, 0.25) is 0 Å². The van der Waals surface area contributed by atoms with Gasteiger partial charge in [0, 0.05) is 6.07 Å². The van der Waals surface area contributed by atoms with Crippen molar-refractivity contribution in [1.82, 2.24) is 25.1 Å². The molecule has 6 nitrogen and oxygen atoms in total. The van der Waals surface area contributed by atoms with Gasteiger partial charge in [0.25, 0.3) is 5.91 Å². The number of amides is 1. The molecule has 0 fully saturated rings. The Morgan fingerprint density at radius 3 is 2.62 bits per heavy atom. The van der Waals surface area contributed by atoms with Crippen molar-refractivity contribution in [3.63, 3.8) is 0 Å². The van der Waals surface area contributed by atoms with Crippen LogP contribution in [0.4, 0.5) is 0 Å². The molecule has 110 valence electrons. The van der Waals surface area contributed by atoms with Crippen LogP contribution >= 0.6 is 0 Å². The maximum absolute atomic E-state index is 12.5. The van der Waals surface area contributed by atoms with E-state index in [-0.39, 0.29) is 11.6 Å². The molecule has 0 aromatic carbocycles. The monoisotopic (exact) mass is 285 g/mol. The van der Waals surface area contributed by atoms with Crippen LogP contribution in [0.15, 0.2) is 6.07 Å². The van der Waals surface area contributed by atoms with E-state index in [9.17, 15) is 4.79 Å². The summed E-state index contributed by atoms with van der Waals surface area (Å²) in [4.78, 5) is 12.5. The van der Waals surface area contributed by atoms with Crippen molar-refractivity contribution in [2.45, 2.75) is 46.1 Å². The fraction of sp³-hybridized carbons (Fsp3) is 0.467. The smallest absolute Gasteiger partial charge is 0.274 e. The molecule has 0 radical (unpaired) electrons. The number of fused-ring (bicyclic) bond motifs is 1. The molecule has 0 aliphatic carbocycles. The van der Waals surface area contributed by atoms with Gasteiger partial charge in [-0.3, -0.25) is 4.79 Å². The Labute approximate surface area is 124 Å². The fourth-order valence-corrected chi connectivity index (χ4v) is 2.23. The minimum Gasteiger partial charge on any atom is -0.334 e. The molecule has 2 rings (SSSR count). The number of hydrogen-bond acceptors (Lipinski definition) is 4. The van der Waals surface area contributed by atoms with Crippen LogP contribution in [0.2, 0.25) is 0 Å². The standard InChI is InChI=1S/C15H19N5O/c1-6-15(7-2,8-3)16-14(21)13-11(5)20-12(17-18-13)9-10(4)19-20/h1,9H,7-8H2,2-5H3,(H,16,21). The average molecular weight is 285 g/mol. The van der Waals surface area contributed by atoms with Gasteiger partial charge >= 0.3 is 0 Å². The Bertz CT molecular complexity index is 721. The zero-order valence-electron chi connectivity index (χ0n) is 12.8. The largest absolute Gasteiger partial charge is 0.334 e. The maximum Gasteiger partial charge on any atom is 0.274 e. The van der Waals surface area contributed by atoms with Gasteiger partial charge in [-0.2, -0.15) is 5.10 Å². The van der Waals surface area contributed by atoms with Gasteiger partial charge < -0.3 is 5.32 Å². The van der Waals surface area contributed by atoms with Crippen LogP contribution < -0.4 is 5.32 Å². The van der Waals surface area contributed by atoms with E-state index < -0.39 is 5.54 Å². The van der Waals surface area contributed by atoms with E-state index in [2.05, 4.69) is 26.5 Å². The van der Waals surface area contributed by atoms with Crippen LogP contribution in [-0.2, 0) is 0 Å². The molecule has 0 saturated heterocycles. The van der Waals surface area contributed by atoms with E-state index in [4.69, 9.17) is 6.42 Å². The molecule has 1 amide bonds. The molecule has 0 unspecified atom stereocenters. The quantitative estimate of drug-likeness (QED) is 0.867. The third-order valence-electron chi connectivity index (χ3n) is 3.78. The van der Waals surface area contributed by atoms with Crippen molar-refractivity contribution in [2.24, 2.45) is 0 Å². The number of nitrogens with zero attached hydrogens (tertiary/aromatic N) is 4. The molecular weight excluding hydrogens is 266 g/mol. The second-order valence-corrected chi connectivity index (χ2v) is 5.08. The number of carbonyl (C=O) groups excluding carboxylic acids is 1. The Morgan fingerprint density at radius 1 is 1.38 bits per heavy atom. The number of aromatic nitrogens is 4. The zero-order valence-corrected chi connectivity index (χ0v) is 12.8. The van der Waals surface area contributed by atoms with E-state index in [0.29, 0.717) is 24.2 Å². The summed E-state index contributed by atoms with van der Waals surface area (Å²) >= 11 is 0. The lowest BCUT2D eigenvalue weighted by Gasteiger charge is -2.26. The van der Waals surface area contributed by atoms with Crippen LogP contribution in [0.3, 0.4) is 0 Å². The van der Waals surface area contributed by atoms with Gasteiger partial charge in [0.05, 0.1) is 11.4 Å². The van der Waals surface area contributed by atoms with Crippen molar-refractivity contribution in [3.8, 4) is 12.3 Å². The molecule has 6 heteroatoms. The Hall–Kier alpha value is -2.42. The van der Waals surface area contributed by atoms with E-state index in [1.165, 1.54) is 0 Å². The highest BCUT2D eigenvalue weighted by Gasteiger charge is 2.28. The molecule has 2 heterocycles. The second kappa shape index (κ2) is 5.52. The van der Waals surface area contributed by atoms with Gasteiger partial charge in [-0.1, -0.05) is 19.8 Å². The highest BCUT2D eigenvalue weighted by Crippen LogP contribution is 2.15. The number of nitrogens with one attached hydrogen (secondary N) is 1. The van der Waals surface area contributed by atoms with E-state index in [0.717, 1.165) is 5.69 Å². The van der Waals surface area contributed by atoms with E-state index in [1.807, 2.05) is 26.8 Å². The molecule has 0 saturated carbocycles. The Kier molecular flexibility index (Phi) is 3.94. The molecule has 0 spiro atoms. The number of carbonyl (C=O) groups is 1. The summed E-state index contributed by atoms with van der Waals surface area (Å²) in [6.45, 7) is 7.55. The predicted molar refractivity (Wildman–Crippen MR) is 79.9 cm³/mol. The molecule has 0 aliphatic rings. The van der Waals surface area contributed by atoms with Crippen molar-refractivity contribution in [3.05, 3.63) is 23.1 Å². The van der Waals surface area contributed by atoms with Gasteiger partial charge in [-0.25, -0.2) is 4.52 Å². The first-order valence-electron chi connectivity index (χ1n) is 6.96. The van der Waals surface area contributed by atoms with Crippen LogP contribution in [-0.4, -0.2) is 31.3 Å². The fourth-order valence-electron chi connectivity index (χ4n) is 2.23. The first-order valence-corrected chi connectivity index (χ1v) is 6.96. The minimum atomic E-state index is -0.653. The van der Waals surface area contributed by atoms with Crippen molar-refractivity contribution < 1.29 is 4.79 Å². The summed E-state index contributed by atoms with van der Waals surface area (Å²) in [5, 5.41) is 15.2. The lowest BCUT2D eigenvalue weighted by molar-refractivity contribution is 0.0908. The molecule has 0 aliphatic heterocycles. The molecule has 2 aromatic rings. The molecule has 2 aromatic heterocycles. The van der Waals surface area contributed by atoms with Gasteiger partial charge in [-0.15, -0.1) is 16.6 Å². The third kappa shape index (κ3) is 2.59. The summed E-state index contributed by atoms with van der Waals surface area (Å²) in [7, 11) is 0. The third-order valence-corrected chi connectivity index (χ3v) is 3.78. The molecule has 0 atom stereocenters. The zero-order chi connectivity index (χ0) is 15.6. The summed E-state index contributed by atoms with van der Waals surface area (Å²) < 4.78 is 1.62. The molecule has 1 N–H and O–H groups in total. The van der Waals surface area contributed by atoms with E-state index in [1.54, 1.807) is 11.4 Å². The molecule has 21 heavy (non-hydrogen) atoms. The number of rotatable bonds is 4. The van der Waals surface area contributed by atoms with Gasteiger partial charge in [0.1, 0.15) is 5.54 Å². The molecule has 0 bridgehead atoms. The number of aryl methyl sites for hydroxylation is 2. The first-order chi connectivity index (χ1) is 9.96. The average Bonchev–Trinajstić information content (AvgIpc) is 2.86. The van der Waals surface area contributed by atoms with Crippen molar-refractivity contribution in [1.29, 1.82) is 0 Å². The van der Waals surface area contributed by atoms with Crippen LogP contribution in [0.1, 0.15) is 48.6 Å². The van der Waals surface area contributed by atoms with Gasteiger partial charge in [0.15, 0.2) is 11.3 Å². The highest BCUT2D eigenvalue weighted by molar-refractivity contribution is 5.94. The lowest BCUT2D eigenvalue weighted by Crippen LogP contribution is -2.47. The van der Waals surface area contributed by atoms with Crippen LogP contribution in [0.25, 0.3) is 5.65 Å². The van der Waals surface area contributed by atoms with Crippen molar-refractivity contribution in [2.75, 3.05) is 0 Å². The summed E-state index contributed by atoms with van der Waals surface area (Å²) in [6, 6.07) is 1.81. The summed E-state index contributed by atoms with van der Waals surface area (Å²) in [5.74, 6) is 2.35. The van der Waals surface area contributed by atoms with Crippen molar-refractivity contribution >= 4 is 11.6 Å². The van der Waals surface area contributed by atoms with Crippen LogP contribution in [0.5, 0.6) is 0 Å². The van der Waals surface area contributed by atoms with E-state index >= 15 is 0 Å². The number of terminal acetylenes is 1. The topological polar surface area (TPSA) is 72.2 Å². The van der Waals surface area contributed by atoms with Gasteiger partial charge in [-0.05, 0) is 26.7 Å².